The summed E-state index contributed by atoms with van der Waals surface area (Å²) < 4.78 is 11.3. The molecule has 1 aromatic rings. The molecule has 0 aromatic heterocycles. The largest absolute Gasteiger partial charge is 0.365 e. The van der Waals surface area contributed by atoms with Crippen LogP contribution in [0.1, 0.15) is 25.5 Å². The number of epoxide rings is 1. The topological polar surface area (TPSA) is 42.0 Å². The number of ether oxygens (including phenoxy) is 2. The Morgan fingerprint density at radius 3 is 2.44 bits per heavy atom. The van der Waals surface area contributed by atoms with Crippen LogP contribution in [0.15, 0.2) is 30.3 Å². The Morgan fingerprint density at radius 2 is 1.94 bits per heavy atom. The van der Waals surface area contributed by atoms with Crippen molar-refractivity contribution in [1.82, 2.24) is 0 Å². The molecule has 1 aromatic carbocycles. The first-order chi connectivity index (χ1) is 7.66. The Labute approximate surface area is 95.0 Å². The van der Waals surface area contributed by atoms with E-state index < -0.39 is 11.9 Å². The molecule has 4 atom stereocenters. The highest BCUT2D eigenvalue weighted by Gasteiger charge is 2.72. The van der Waals surface area contributed by atoms with Crippen molar-refractivity contribution in [2.24, 2.45) is 5.92 Å². The van der Waals surface area contributed by atoms with Gasteiger partial charge in [-0.15, -0.1) is 0 Å². The van der Waals surface area contributed by atoms with Crippen LogP contribution in [0.2, 0.25) is 0 Å². The van der Waals surface area contributed by atoms with Crippen molar-refractivity contribution in [3.8, 4) is 0 Å². The zero-order valence-electron chi connectivity index (χ0n) is 9.46. The van der Waals surface area contributed by atoms with Crippen molar-refractivity contribution in [3.05, 3.63) is 35.9 Å². The van der Waals surface area contributed by atoms with E-state index in [1.165, 1.54) is 0 Å². The lowest BCUT2D eigenvalue weighted by molar-refractivity contribution is -0.171. The van der Waals surface area contributed by atoms with Crippen LogP contribution in [0.25, 0.3) is 0 Å². The van der Waals surface area contributed by atoms with Crippen molar-refractivity contribution >= 4 is 0 Å². The third kappa shape index (κ3) is 1.19. The highest BCUT2D eigenvalue weighted by Crippen LogP contribution is 2.58. The Balaban J connectivity index is 1.88. The quantitative estimate of drug-likeness (QED) is 0.774. The average molecular weight is 220 g/mol. The molecule has 2 aliphatic heterocycles. The minimum Gasteiger partial charge on any atom is -0.365 e. The molecule has 0 aliphatic carbocycles. The molecule has 3 nitrogen and oxygen atoms in total. The first-order valence-corrected chi connectivity index (χ1v) is 5.72. The molecular formula is C13H16O3. The Kier molecular flexibility index (Phi) is 2.11. The van der Waals surface area contributed by atoms with E-state index in [9.17, 15) is 5.11 Å². The summed E-state index contributed by atoms with van der Waals surface area (Å²) in [5, 5.41) is 9.94. The molecule has 2 saturated heterocycles. The van der Waals surface area contributed by atoms with E-state index in [1.807, 2.05) is 30.3 Å². The first kappa shape index (κ1) is 10.3. The van der Waals surface area contributed by atoms with Crippen molar-refractivity contribution in [2.45, 2.75) is 37.9 Å². The van der Waals surface area contributed by atoms with Crippen molar-refractivity contribution in [1.29, 1.82) is 0 Å². The molecule has 0 saturated carbocycles. The summed E-state index contributed by atoms with van der Waals surface area (Å²) in [6.07, 6.45) is -0.925. The lowest BCUT2D eigenvalue weighted by Crippen LogP contribution is -2.33. The standard InChI is InChI=1S/C13H16O3/c1-8(2)13-11(16-13)10(15-12(13)14)9-6-4-3-5-7-9/h3-8,10-12,14H,1-2H3/t10-,11-,12?,13-/m0/s1. The van der Waals surface area contributed by atoms with Crippen LogP contribution < -0.4 is 0 Å². The summed E-state index contributed by atoms with van der Waals surface area (Å²) in [6, 6.07) is 9.94. The number of hydrogen-bond acceptors (Lipinski definition) is 3. The van der Waals surface area contributed by atoms with Crippen LogP contribution in [0.3, 0.4) is 0 Å². The van der Waals surface area contributed by atoms with Gasteiger partial charge in [-0.05, 0) is 11.5 Å². The fourth-order valence-electron chi connectivity index (χ4n) is 2.65. The van der Waals surface area contributed by atoms with Gasteiger partial charge in [-0.1, -0.05) is 44.2 Å². The molecule has 0 radical (unpaired) electrons. The molecular weight excluding hydrogens is 204 g/mol. The minimum atomic E-state index is -0.803. The first-order valence-electron chi connectivity index (χ1n) is 5.72. The molecule has 1 unspecified atom stereocenters. The second-order valence-electron chi connectivity index (χ2n) is 4.87. The van der Waals surface area contributed by atoms with Gasteiger partial charge in [0.2, 0.25) is 0 Å². The van der Waals surface area contributed by atoms with Crippen LogP contribution >= 0.6 is 0 Å². The molecule has 86 valence electrons. The number of hydrogen-bond donors (Lipinski definition) is 1. The monoisotopic (exact) mass is 220 g/mol. The van der Waals surface area contributed by atoms with Crippen molar-refractivity contribution in [3.63, 3.8) is 0 Å². The number of rotatable bonds is 2. The second kappa shape index (κ2) is 3.29. The predicted molar refractivity (Wildman–Crippen MR) is 58.7 cm³/mol. The number of aliphatic hydroxyl groups is 1. The fraction of sp³-hybridized carbons (Fsp3) is 0.538. The van der Waals surface area contributed by atoms with E-state index in [2.05, 4.69) is 13.8 Å². The van der Waals surface area contributed by atoms with Gasteiger partial charge in [0.25, 0.3) is 0 Å². The van der Waals surface area contributed by atoms with E-state index in [1.54, 1.807) is 0 Å². The van der Waals surface area contributed by atoms with Gasteiger partial charge in [-0.2, -0.15) is 0 Å². The molecule has 16 heavy (non-hydrogen) atoms. The smallest absolute Gasteiger partial charge is 0.187 e. The lowest BCUT2D eigenvalue weighted by atomic mass is 9.90. The maximum absolute atomic E-state index is 9.94. The fourth-order valence-corrected chi connectivity index (χ4v) is 2.65. The van der Waals surface area contributed by atoms with Gasteiger partial charge >= 0.3 is 0 Å². The Morgan fingerprint density at radius 1 is 1.25 bits per heavy atom. The van der Waals surface area contributed by atoms with Crippen LogP contribution in [-0.2, 0) is 9.47 Å². The van der Waals surface area contributed by atoms with E-state index in [4.69, 9.17) is 9.47 Å². The van der Waals surface area contributed by atoms with Gasteiger partial charge in [-0.25, -0.2) is 0 Å². The normalized spacial score (nSPS) is 41.1. The molecule has 0 spiro atoms. The van der Waals surface area contributed by atoms with Gasteiger partial charge in [0.1, 0.15) is 12.2 Å². The summed E-state index contributed by atoms with van der Waals surface area (Å²) in [5.41, 5.74) is 0.604. The number of fused-ring (bicyclic) bond motifs is 1. The Bertz CT molecular complexity index is 389. The van der Waals surface area contributed by atoms with E-state index in [0.29, 0.717) is 0 Å². The highest BCUT2D eigenvalue weighted by atomic mass is 16.7. The maximum Gasteiger partial charge on any atom is 0.187 e. The molecule has 3 heteroatoms. The molecule has 1 N–H and O–H groups in total. The van der Waals surface area contributed by atoms with Gasteiger partial charge in [0.05, 0.1) is 0 Å². The molecule has 2 aliphatic rings. The molecule has 0 amide bonds. The SMILES string of the molecule is CC(C)[C@]12O[C@H]1[C@H](c1ccccc1)OC2O. The van der Waals surface area contributed by atoms with Gasteiger partial charge < -0.3 is 14.6 Å². The summed E-state index contributed by atoms with van der Waals surface area (Å²) in [7, 11) is 0. The highest BCUT2D eigenvalue weighted by molar-refractivity contribution is 5.27. The third-order valence-electron chi connectivity index (χ3n) is 3.69. The average Bonchev–Trinajstić information content (AvgIpc) is 2.97. The molecule has 0 bridgehead atoms. The maximum atomic E-state index is 9.94. The summed E-state index contributed by atoms with van der Waals surface area (Å²) in [6.45, 7) is 4.11. The van der Waals surface area contributed by atoms with E-state index in [-0.39, 0.29) is 18.1 Å². The summed E-state index contributed by atoms with van der Waals surface area (Å²) >= 11 is 0. The van der Waals surface area contributed by atoms with E-state index >= 15 is 0 Å². The van der Waals surface area contributed by atoms with Gasteiger partial charge in [-0.3, -0.25) is 0 Å². The predicted octanol–water partition coefficient (Wildman–Crippen LogP) is 1.87. The number of benzene rings is 1. The van der Waals surface area contributed by atoms with Crippen LogP contribution in [-0.4, -0.2) is 23.1 Å². The molecule has 2 heterocycles. The third-order valence-corrected chi connectivity index (χ3v) is 3.69. The zero-order chi connectivity index (χ0) is 11.3. The summed E-state index contributed by atoms with van der Waals surface area (Å²) in [4.78, 5) is 0. The summed E-state index contributed by atoms with van der Waals surface area (Å²) in [5.74, 6) is 0.265. The molecule has 2 fully saturated rings. The lowest BCUT2D eigenvalue weighted by Gasteiger charge is -2.19. The van der Waals surface area contributed by atoms with Crippen LogP contribution in [0, 0.1) is 5.92 Å². The van der Waals surface area contributed by atoms with Crippen LogP contribution in [0.4, 0.5) is 0 Å². The van der Waals surface area contributed by atoms with Crippen molar-refractivity contribution in [2.75, 3.05) is 0 Å². The van der Waals surface area contributed by atoms with Gasteiger partial charge in [0.15, 0.2) is 11.9 Å². The zero-order valence-corrected chi connectivity index (χ0v) is 9.46. The van der Waals surface area contributed by atoms with Crippen LogP contribution in [0.5, 0.6) is 0 Å². The molecule has 3 rings (SSSR count). The van der Waals surface area contributed by atoms with Gasteiger partial charge in [0, 0.05) is 0 Å². The Hall–Kier alpha value is -0.900. The number of aliphatic hydroxyl groups excluding tert-OH is 1. The van der Waals surface area contributed by atoms with Crippen molar-refractivity contribution < 1.29 is 14.6 Å². The van der Waals surface area contributed by atoms with E-state index in [0.717, 1.165) is 5.56 Å². The second-order valence-corrected chi connectivity index (χ2v) is 4.87. The minimum absolute atomic E-state index is 0.00454.